The van der Waals surface area contributed by atoms with E-state index in [1.54, 1.807) is 19.2 Å². The first-order valence-corrected chi connectivity index (χ1v) is 8.70. The summed E-state index contributed by atoms with van der Waals surface area (Å²) >= 11 is 0. The second-order valence-corrected chi connectivity index (χ2v) is 7.81. The third-order valence-electron chi connectivity index (χ3n) is 5.37. The molecule has 0 radical (unpaired) electrons. The van der Waals surface area contributed by atoms with Crippen LogP contribution < -0.4 is 9.47 Å². The molecule has 0 fully saturated rings. The van der Waals surface area contributed by atoms with Gasteiger partial charge in [-0.2, -0.15) is 0 Å². The summed E-state index contributed by atoms with van der Waals surface area (Å²) < 4.78 is 22.3. The van der Waals surface area contributed by atoms with Crippen molar-refractivity contribution in [1.82, 2.24) is 0 Å². The quantitative estimate of drug-likeness (QED) is 0.757. The summed E-state index contributed by atoms with van der Waals surface area (Å²) in [7, 11) is 2.91. The van der Waals surface area contributed by atoms with Gasteiger partial charge in [-0.1, -0.05) is 13.8 Å². The molecule has 0 saturated carbocycles. The van der Waals surface area contributed by atoms with Crippen LogP contribution in [-0.2, 0) is 19.1 Å². The molecule has 0 aromatic heterocycles. The molecule has 1 aliphatic carbocycles. The van der Waals surface area contributed by atoms with E-state index in [9.17, 15) is 9.59 Å². The molecule has 0 saturated heterocycles. The van der Waals surface area contributed by atoms with Gasteiger partial charge in [-0.05, 0) is 23.6 Å². The number of carbonyl (C=O) groups is 2. The van der Waals surface area contributed by atoms with Gasteiger partial charge in [0, 0.05) is 29.9 Å². The molecule has 138 valence electrons. The molecule has 1 aromatic rings. The molecule has 0 N–H and O–H groups in total. The minimum Gasteiger partial charge on any atom is -0.497 e. The molecular formula is C20H22O6. The number of benzene rings is 1. The second-order valence-electron chi connectivity index (χ2n) is 7.81. The van der Waals surface area contributed by atoms with E-state index < -0.39 is 24.1 Å². The van der Waals surface area contributed by atoms with Crippen LogP contribution in [0.3, 0.4) is 0 Å². The zero-order valence-corrected chi connectivity index (χ0v) is 15.3. The fraction of sp³-hybridized carbons (Fsp3) is 0.500. The Hall–Kier alpha value is -2.50. The van der Waals surface area contributed by atoms with Crippen LogP contribution in [0.4, 0.5) is 0 Å². The highest BCUT2D eigenvalue weighted by Crippen LogP contribution is 2.54. The smallest absolute Gasteiger partial charge is 0.317 e. The Labute approximate surface area is 152 Å². The standard InChI is InChI=1S/C20H22O6/c1-20(2)8-12(21)16-14(9-20)26-19-17(18(22)24-4)15(16)11-7-10(23-3)5-6-13(11)25-19/h5-7,15,17,19H,8-9H2,1-4H3/t15-,17?,19+/m0/s1. The number of fused-ring (bicyclic) bond motifs is 5. The molecular weight excluding hydrogens is 336 g/mol. The first-order chi connectivity index (χ1) is 12.3. The normalized spacial score (nSPS) is 28.3. The molecule has 0 spiro atoms. The molecule has 4 rings (SSSR count). The van der Waals surface area contributed by atoms with E-state index in [0.717, 1.165) is 5.56 Å². The van der Waals surface area contributed by atoms with Gasteiger partial charge in [0.05, 0.1) is 14.2 Å². The molecule has 2 heterocycles. The SMILES string of the molecule is COC(=O)C1[C@H]2OC3=C(C(=O)CC(C)(C)C3)[C@@H]1c1cc(OC)ccc1O2. The number of hydrogen-bond donors (Lipinski definition) is 0. The molecule has 3 aliphatic rings. The minimum atomic E-state index is -0.797. The zero-order valence-electron chi connectivity index (χ0n) is 15.3. The lowest BCUT2D eigenvalue weighted by molar-refractivity contribution is -0.172. The molecule has 3 atom stereocenters. The zero-order chi connectivity index (χ0) is 18.6. The molecule has 1 aromatic carbocycles. The van der Waals surface area contributed by atoms with Gasteiger partial charge >= 0.3 is 5.97 Å². The summed E-state index contributed by atoms with van der Waals surface area (Å²) in [6.45, 7) is 4.08. The maximum atomic E-state index is 13.0. The Morgan fingerprint density at radius 3 is 2.65 bits per heavy atom. The lowest BCUT2D eigenvalue weighted by atomic mass is 9.67. The van der Waals surface area contributed by atoms with Crippen molar-refractivity contribution in [2.45, 2.75) is 38.9 Å². The van der Waals surface area contributed by atoms with Gasteiger partial charge in [-0.3, -0.25) is 9.59 Å². The number of rotatable bonds is 2. The molecule has 1 unspecified atom stereocenters. The number of allylic oxidation sites excluding steroid dienone is 2. The number of ether oxygens (including phenoxy) is 4. The number of ketones is 1. The van der Waals surface area contributed by atoms with Crippen LogP contribution in [0, 0.1) is 11.3 Å². The Balaban J connectivity index is 1.91. The van der Waals surface area contributed by atoms with Crippen molar-refractivity contribution in [3.8, 4) is 11.5 Å². The molecule has 6 nitrogen and oxygen atoms in total. The highest BCUT2D eigenvalue weighted by atomic mass is 16.7. The largest absolute Gasteiger partial charge is 0.497 e. The Kier molecular flexibility index (Phi) is 3.75. The van der Waals surface area contributed by atoms with Gasteiger partial charge in [0.25, 0.3) is 6.29 Å². The van der Waals surface area contributed by atoms with Crippen molar-refractivity contribution in [2.24, 2.45) is 11.3 Å². The van der Waals surface area contributed by atoms with Crippen molar-refractivity contribution in [1.29, 1.82) is 0 Å². The fourth-order valence-electron chi connectivity index (χ4n) is 4.24. The maximum absolute atomic E-state index is 13.0. The highest BCUT2D eigenvalue weighted by Gasteiger charge is 2.54. The van der Waals surface area contributed by atoms with Crippen LogP contribution in [0.15, 0.2) is 29.5 Å². The number of hydrogen-bond acceptors (Lipinski definition) is 6. The van der Waals surface area contributed by atoms with Gasteiger partial charge in [-0.15, -0.1) is 0 Å². The molecule has 6 heteroatoms. The summed E-state index contributed by atoms with van der Waals surface area (Å²) in [5, 5.41) is 0. The average Bonchev–Trinajstić information content (AvgIpc) is 2.58. The third-order valence-corrected chi connectivity index (χ3v) is 5.37. The van der Waals surface area contributed by atoms with Gasteiger partial charge in [0.2, 0.25) is 0 Å². The van der Waals surface area contributed by atoms with Crippen LogP contribution in [-0.4, -0.2) is 32.3 Å². The lowest BCUT2D eigenvalue weighted by Crippen LogP contribution is -2.49. The second kappa shape index (κ2) is 5.76. The van der Waals surface area contributed by atoms with Crippen LogP contribution in [0.1, 0.15) is 38.2 Å². The van der Waals surface area contributed by atoms with Crippen LogP contribution in [0.25, 0.3) is 0 Å². The Bertz CT molecular complexity index is 822. The predicted octanol–water partition coefficient (Wildman–Crippen LogP) is 2.96. The van der Waals surface area contributed by atoms with Crippen molar-refractivity contribution in [3.63, 3.8) is 0 Å². The van der Waals surface area contributed by atoms with E-state index in [0.29, 0.717) is 35.7 Å². The van der Waals surface area contributed by atoms with E-state index in [-0.39, 0.29) is 11.2 Å². The topological polar surface area (TPSA) is 71.1 Å². The Morgan fingerprint density at radius 2 is 1.96 bits per heavy atom. The number of esters is 1. The van der Waals surface area contributed by atoms with Crippen LogP contribution in [0.5, 0.6) is 11.5 Å². The number of Topliss-reactive ketones (excluding diaryl/α,β-unsaturated/α-hetero) is 1. The van der Waals surface area contributed by atoms with Crippen LogP contribution in [0.2, 0.25) is 0 Å². The summed E-state index contributed by atoms with van der Waals surface area (Å²) in [4.78, 5) is 25.5. The maximum Gasteiger partial charge on any atom is 0.317 e. The van der Waals surface area contributed by atoms with Gasteiger partial charge in [0.1, 0.15) is 23.2 Å². The van der Waals surface area contributed by atoms with Crippen molar-refractivity contribution < 1.29 is 28.5 Å². The van der Waals surface area contributed by atoms with E-state index >= 15 is 0 Å². The van der Waals surface area contributed by atoms with Crippen molar-refractivity contribution in [2.75, 3.05) is 14.2 Å². The third kappa shape index (κ3) is 2.47. The predicted molar refractivity (Wildman–Crippen MR) is 91.8 cm³/mol. The minimum absolute atomic E-state index is 0.0178. The fourth-order valence-corrected chi connectivity index (χ4v) is 4.24. The summed E-state index contributed by atoms with van der Waals surface area (Å²) in [6, 6.07) is 5.40. The number of methoxy groups -OCH3 is 2. The number of carbonyl (C=O) groups excluding carboxylic acids is 2. The monoisotopic (exact) mass is 358 g/mol. The van der Waals surface area contributed by atoms with Crippen molar-refractivity contribution >= 4 is 11.8 Å². The lowest BCUT2D eigenvalue weighted by Gasteiger charge is -2.46. The first-order valence-electron chi connectivity index (χ1n) is 8.70. The molecule has 2 bridgehead atoms. The molecule has 0 amide bonds. The first kappa shape index (κ1) is 16.9. The van der Waals surface area contributed by atoms with Gasteiger partial charge in [0.15, 0.2) is 5.78 Å². The molecule has 2 aliphatic heterocycles. The van der Waals surface area contributed by atoms with Crippen LogP contribution >= 0.6 is 0 Å². The van der Waals surface area contributed by atoms with Gasteiger partial charge in [-0.25, -0.2) is 0 Å². The van der Waals surface area contributed by atoms with E-state index in [4.69, 9.17) is 18.9 Å². The van der Waals surface area contributed by atoms with E-state index in [1.807, 2.05) is 19.9 Å². The van der Waals surface area contributed by atoms with E-state index in [2.05, 4.69) is 0 Å². The average molecular weight is 358 g/mol. The Morgan fingerprint density at radius 1 is 1.19 bits per heavy atom. The van der Waals surface area contributed by atoms with E-state index in [1.165, 1.54) is 7.11 Å². The highest BCUT2D eigenvalue weighted by molar-refractivity contribution is 6.00. The molecule has 26 heavy (non-hydrogen) atoms. The van der Waals surface area contributed by atoms with Gasteiger partial charge < -0.3 is 18.9 Å². The van der Waals surface area contributed by atoms with Crippen molar-refractivity contribution in [3.05, 3.63) is 35.1 Å². The summed E-state index contributed by atoms with van der Waals surface area (Å²) in [5.74, 6) is 0.288. The summed E-state index contributed by atoms with van der Waals surface area (Å²) in [5.41, 5.74) is 1.16. The summed E-state index contributed by atoms with van der Waals surface area (Å²) in [6.07, 6.45) is 0.260.